The molecule has 2 aliphatic rings. The summed E-state index contributed by atoms with van der Waals surface area (Å²) in [5.74, 6) is 2.08. The molecular formula is C28H32N4O5. The monoisotopic (exact) mass is 504 g/mol. The van der Waals surface area contributed by atoms with Crippen molar-refractivity contribution in [2.24, 2.45) is 5.92 Å². The lowest BCUT2D eigenvalue weighted by atomic mass is 9.82. The first kappa shape index (κ1) is 24.7. The Hall–Kier alpha value is -4.01. The van der Waals surface area contributed by atoms with E-state index in [9.17, 15) is 9.59 Å². The van der Waals surface area contributed by atoms with E-state index in [0.29, 0.717) is 36.8 Å². The highest BCUT2D eigenvalue weighted by atomic mass is 16.6. The van der Waals surface area contributed by atoms with Crippen LogP contribution in [0.15, 0.2) is 54.6 Å². The summed E-state index contributed by atoms with van der Waals surface area (Å²) in [6.07, 6.45) is 0.558. The minimum Gasteiger partial charge on any atom is -0.464 e. The highest BCUT2D eigenvalue weighted by molar-refractivity contribution is 5.95. The van der Waals surface area contributed by atoms with Crippen molar-refractivity contribution in [1.82, 2.24) is 14.6 Å². The third-order valence-corrected chi connectivity index (χ3v) is 6.58. The topological polar surface area (TPSA) is 94.9 Å². The van der Waals surface area contributed by atoms with E-state index in [1.54, 1.807) is 9.58 Å². The van der Waals surface area contributed by atoms with Crippen molar-refractivity contribution in [3.8, 4) is 22.8 Å². The molecule has 0 bridgehead atoms. The normalized spacial score (nSPS) is 17.3. The van der Waals surface area contributed by atoms with Crippen LogP contribution in [0.2, 0.25) is 0 Å². The van der Waals surface area contributed by atoms with Gasteiger partial charge in [0.25, 0.3) is 0 Å². The molecule has 194 valence electrons. The van der Waals surface area contributed by atoms with Gasteiger partial charge in [-0.25, -0.2) is 19.2 Å². The molecule has 37 heavy (non-hydrogen) atoms. The van der Waals surface area contributed by atoms with E-state index in [2.05, 4.69) is 5.43 Å². The van der Waals surface area contributed by atoms with Crippen LogP contribution in [0, 0.1) is 5.92 Å². The van der Waals surface area contributed by atoms with Gasteiger partial charge < -0.3 is 24.5 Å². The zero-order valence-electron chi connectivity index (χ0n) is 21.6. The van der Waals surface area contributed by atoms with Crippen molar-refractivity contribution in [2.75, 3.05) is 32.2 Å². The number of esters is 1. The minimum absolute atomic E-state index is 0.0952. The van der Waals surface area contributed by atoms with E-state index in [1.807, 2.05) is 75.4 Å². The summed E-state index contributed by atoms with van der Waals surface area (Å²) in [6, 6.07) is 17.1. The van der Waals surface area contributed by atoms with Crippen LogP contribution in [-0.4, -0.2) is 59.0 Å². The molecule has 9 nitrogen and oxygen atoms in total. The van der Waals surface area contributed by atoms with Crippen LogP contribution in [-0.2, 0) is 9.47 Å². The fourth-order valence-electron chi connectivity index (χ4n) is 4.79. The number of carbonyl (C=O) groups is 2. The third-order valence-electron chi connectivity index (χ3n) is 6.58. The maximum atomic E-state index is 12.9. The zero-order valence-corrected chi connectivity index (χ0v) is 21.6. The van der Waals surface area contributed by atoms with E-state index in [4.69, 9.17) is 19.2 Å². The quantitative estimate of drug-likeness (QED) is 0.487. The summed E-state index contributed by atoms with van der Waals surface area (Å²) >= 11 is 0. The number of methoxy groups -OCH3 is 1. The third kappa shape index (κ3) is 5.12. The van der Waals surface area contributed by atoms with E-state index >= 15 is 0 Å². The molecular weight excluding hydrogens is 472 g/mol. The van der Waals surface area contributed by atoms with Gasteiger partial charge in [-0.05, 0) is 63.6 Å². The fourth-order valence-corrected chi connectivity index (χ4v) is 4.79. The predicted molar refractivity (Wildman–Crippen MR) is 138 cm³/mol. The lowest BCUT2D eigenvalue weighted by Gasteiger charge is -2.44. The maximum absolute atomic E-state index is 12.9. The van der Waals surface area contributed by atoms with Crippen molar-refractivity contribution >= 4 is 12.1 Å². The standard InChI is InChI=1S/C28H32N4O5/c1-28(2,3)37-27(34)31-16-19(17-31)22-14-15-29-32-24(26(33)35-4)23(30-25(22)32)18-10-12-21(13-11-18)36-20-8-6-5-7-9-20/h5-13,19,22,29H,14-17H2,1-4H3. The molecule has 3 aromatic rings. The molecule has 1 N–H and O–H groups in total. The number of nitrogens with one attached hydrogen (secondary N) is 1. The van der Waals surface area contributed by atoms with Gasteiger partial charge in [0, 0.05) is 37.0 Å². The number of likely N-dealkylation sites (tertiary alicyclic amines) is 1. The first-order valence-corrected chi connectivity index (χ1v) is 12.5. The van der Waals surface area contributed by atoms with Gasteiger partial charge in [-0.2, -0.15) is 0 Å². The average molecular weight is 505 g/mol. The van der Waals surface area contributed by atoms with Crippen LogP contribution in [0.4, 0.5) is 4.79 Å². The largest absolute Gasteiger partial charge is 0.464 e. The van der Waals surface area contributed by atoms with Crippen LogP contribution >= 0.6 is 0 Å². The molecule has 1 saturated heterocycles. The number of benzene rings is 2. The smallest absolute Gasteiger partial charge is 0.410 e. The molecule has 1 fully saturated rings. The molecule has 3 heterocycles. The number of rotatable bonds is 5. The van der Waals surface area contributed by atoms with Gasteiger partial charge in [0.1, 0.15) is 28.6 Å². The van der Waals surface area contributed by atoms with Crippen LogP contribution in [0.25, 0.3) is 11.3 Å². The number of imidazole rings is 1. The summed E-state index contributed by atoms with van der Waals surface area (Å²) in [7, 11) is 1.37. The van der Waals surface area contributed by atoms with Gasteiger partial charge in [-0.15, -0.1) is 0 Å². The van der Waals surface area contributed by atoms with Gasteiger partial charge in [-0.3, -0.25) is 0 Å². The molecule has 0 aliphatic carbocycles. The Balaban J connectivity index is 1.39. The second kappa shape index (κ2) is 9.80. The number of hydrogen-bond acceptors (Lipinski definition) is 7. The van der Waals surface area contributed by atoms with E-state index < -0.39 is 11.6 Å². The highest BCUT2D eigenvalue weighted by Crippen LogP contribution is 2.39. The lowest BCUT2D eigenvalue weighted by molar-refractivity contribution is -0.00639. The molecule has 0 spiro atoms. The predicted octanol–water partition coefficient (Wildman–Crippen LogP) is 5.03. The maximum Gasteiger partial charge on any atom is 0.410 e. The summed E-state index contributed by atoms with van der Waals surface area (Å²) in [5, 5.41) is 0. The number of fused-ring (bicyclic) bond motifs is 1. The summed E-state index contributed by atoms with van der Waals surface area (Å²) in [4.78, 5) is 32.0. The SMILES string of the molecule is COC(=O)c1c(-c2ccc(Oc3ccccc3)cc2)nc2n1NCCC2C1CN(C(=O)OC(C)(C)C)C1. The average Bonchev–Trinajstić information content (AvgIpc) is 3.23. The summed E-state index contributed by atoms with van der Waals surface area (Å²) in [6.45, 7) is 7.47. The van der Waals surface area contributed by atoms with Crippen LogP contribution in [0.5, 0.6) is 11.5 Å². The Kier molecular flexibility index (Phi) is 6.54. The number of para-hydroxylation sites is 1. The van der Waals surface area contributed by atoms with Crippen molar-refractivity contribution in [2.45, 2.75) is 38.7 Å². The first-order chi connectivity index (χ1) is 17.7. The second-order valence-corrected chi connectivity index (χ2v) is 10.4. The number of ether oxygens (including phenoxy) is 3. The van der Waals surface area contributed by atoms with E-state index in [-0.39, 0.29) is 17.9 Å². The molecule has 2 aromatic carbocycles. The van der Waals surface area contributed by atoms with Crippen molar-refractivity contribution in [3.63, 3.8) is 0 Å². The molecule has 1 amide bonds. The van der Waals surface area contributed by atoms with Gasteiger partial charge in [0.05, 0.1) is 7.11 Å². The van der Waals surface area contributed by atoms with Gasteiger partial charge in [-0.1, -0.05) is 18.2 Å². The molecule has 0 radical (unpaired) electrons. The van der Waals surface area contributed by atoms with Crippen LogP contribution < -0.4 is 10.2 Å². The zero-order chi connectivity index (χ0) is 26.2. The lowest BCUT2D eigenvalue weighted by Crippen LogP contribution is -2.54. The molecule has 1 unspecified atom stereocenters. The first-order valence-electron chi connectivity index (χ1n) is 12.5. The Morgan fingerprint density at radius 2 is 1.68 bits per heavy atom. The molecule has 1 aromatic heterocycles. The van der Waals surface area contributed by atoms with Gasteiger partial charge >= 0.3 is 12.1 Å². The van der Waals surface area contributed by atoms with E-state index in [0.717, 1.165) is 23.6 Å². The van der Waals surface area contributed by atoms with Crippen molar-refractivity contribution in [3.05, 3.63) is 66.1 Å². The Bertz CT molecular complexity index is 1270. The molecule has 1 atom stereocenters. The summed E-state index contributed by atoms with van der Waals surface area (Å²) < 4.78 is 18.3. The number of carbonyl (C=O) groups excluding carboxylic acids is 2. The van der Waals surface area contributed by atoms with Crippen molar-refractivity contribution < 1.29 is 23.8 Å². The molecule has 5 rings (SSSR count). The number of amides is 1. The van der Waals surface area contributed by atoms with Crippen LogP contribution in [0.1, 0.15) is 49.4 Å². The Labute approximate surface area is 216 Å². The highest BCUT2D eigenvalue weighted by Gasteiger charge is 2.42. The molecule has 2 aliphatic heterocycles. The second-order valence-electron chi connectivity index (χ2n) is 10.4. The minimum atomic E-state index is -0.529. The van der Waals surface area contributed by atoms with Crippen molar-refractivity contribution in [1.29, 1.82) is 0 Å². The van der Waals surface area contributed by atoms with Gasteiger partial charge in [0.2, 0.25) is 0 Å². The fraction of sp³-hybridized carbons (Fsp3) is 0.393. The Morgan fingerprint density at radius 3 is 2.32 bits per heavy atom. The number of aromatic nitrogens is 2. The number of hydrogen-bond donors (Lipinski definition) is 1. The van der Waals surface area contributed by atoms with Crippen LogP contribution in [0.3, 0.4) is 0 Å². The number of nitrogens with zero attached hydrogens (tertiary/aromatic N) is 3. The Morgan fingerprint density at radius 1 is 1.00 bits per heavy atom. The van der Waals surface area contributed by atoms with E-state index in [1.165, 1.54) is 7.11 Å². The molecule has 9 heteroatoms. The summed E-state index contributed by atoms with van der Waals surface area (Å²) in [5.41, 5.74) is 4.47. The molecule has 0 saturated carbocycles. The van der Waals surface area contributed by atoms with Gasteiger partial charge in [0.15, 0.2) is 5.69 Å².